The average Bonchev–Trinajstić information content (AvgIpc) is 3.11. The van der Waals surface area contributed by atoms with E-state index in [-0.39, 0.29) is 11.3 Å². The zero-order valence-corrected chi connectivity index (χ0v) is 19.7. The average molecular weight is 475 g/mol. The summed E-state index contributed by atoms with van der Waals surface area (Å²) in [6.45, 7) is 6.63. The van der Waals surface area contributed by atoms with Crippen LogP contribution in [0.15, 0.2) is 60.7 Å². The number of anilines is 1. The maximum Gasteiger partial charge on any atom is 0.343 e. The first-order valence-electron chi connectivity index (χ1n) is 11.3. The highest BCUT2D eigenvalue weighted by molar-refractivity contribution is 6.34. The normalized spacial score (nSPS) is 12.4. The maximum atomic E-state index is 13.0. The molecule has 3 aromatic carbocycles. The van der Waals surface area contributed by atoms with Crippen molar-refractivity contribution >= 4 is 23.5 Å². The number of carbonyl (C=O) groups is 3. The van der Waals surface area contributed by atoms with E-state index in [4.69, 9.17) is 18.9 Å². The van der Waals surface area contributed by atoms with Crippen LogP contribution in [0.4, 0.5) is 5.69 Å². The highest BCUT2D eigenvalue weighted by Gasteiger charge is 2.36. The van der Waals surface area contributed by atoms with Gasteiger partial charge in [-0.05, 0) is 57.2 Å². The standard InChI is InChI=1S/C27H25NO7/c1-4-32-22-14-17(15-23(33-5-2)24(22)34-6-3)27(31)35-19-11-9-10-18(16-19)28-25(29)20-12-7-8-13-21(20)26(28)30/h7-16H,4-6H2,1-3H3. The van der Waals surface area contributed by atoms with Crippen molar-refractivity contribution in [2.75, 3.05) is 24.7 Å². The molecule has 2 amide bonds. The smallest absolute Gasteiger partial charge is 0.343 e. The molecule has 35 heavy (non-hydrogen) atoms. The monoisotopic (exact) mass is 475 g/mol. The topological polar surface area (TPSA) is 91.4 Å². The number of benzene rings is 3. The van der Waals surface area contributed by atoms with Gasteiger partial charge in [-0.15, -0.1) is 0 Å². The van der Waals surface area contributed by atoms with Crippen LogP contribution in [0.5, 0.6) is 23.0 Å². The van der Waals surface area contributed by atoms with Gasteiger partial charge < -0.3 is 18.9 Å². The van der Waals surface area contributed by atoms with Gasteiger partial charge in [-0.2, -0.15) is 0 Å². The summed E-state index contributed by atoms with van der Waals surface area (Å²) in [5.41, 5.74) is 1.17. The van der Waals surface area contributed by atoms with Crippen LogP contribution in [0.3, 0.4) is 0 Å². The molecule has 0 radical (unpaired) electrons. The van der Waals surface area contributed by atoms with Crippen LogP contribution in [-0.2, 0) is 0 Å². The second kappa shape index (κ2) is 10.3. The lowest BCUT2D eigenvalue weighted by Crippen LogP contribution is -2.29. The molecule has 0 aromatic heterocycles. The number of ether oxygens (including phenoxy) is 4. The number of hydrogen-bond acceptors (Lipinski definition) is 7. The van der Waals surface area contributed by atoms with E-state index in [1.165, 1.54) is 18.2 Å². The molecule has 1 aliphatic rings. The number of fused-ring (bicyclic) bond motifs is 1. The molecule has 1 heterocycles. The van der Waals surface area contributed by atoms with E-state index in [0.29, 0.717) is 53.9 Å². The van der Waals surface area contributed by atoms with Crippen molar-refractivity contribution in [2.24, 2.45) is 0 Å². The summed E-state index contributed by atoms with van der Waals surface area (Å²) in [4.78, 5) is 39.7. The van der Waals surface area contributed by atoms with Crippen molar-refractivity contribution in [1.29, 1.82) is 0 Å². The van der Waals surface area contributed by atoms with Gasteiger partial charge in [0, 0.05) is 6.07 Å². The molecule has 8 heteroatoms. The molecule has 1 aliphatic heterocycles. The molecule has 0 saturated carbocycles. The van der Waals surface area contributed by atoms with Gasteiger partial charge in [-0.25, -0.2) is 9.69 Å². The summed E-state index contributed by atoms with van der Waals surface area (Å²) in [7, 11) is 0. The van der Waals surface area contributed by atoms with Crippen molar-refractivity contribution in [3.63, 3.8) is 0 Å². The first-order valence-corrected chi connectivity index (χ1v) is 11.3. The summed E-state index contributed by atoms with van der Waals surface area (Å²) in [6, 6.07) is 16.0. The van der Waals surface area contributed by atoms with Crippen molar-refractivity contribution in [2.45, 2.75) is 20.8 Å². The minimum Gasteiger partial charge on any atom is -0.490 e. The van der Waals surface area contributed by atoms with Gasteiger partial charge in [0.2, 0.25) is 5.75 Å². The van der Waals surface area contributed by atoms with Gasteiger partial charge in [-0.3, -0.25) is 9.59 Å². The quantitative estimate of drug-likeness (QED) is 0.247. The first kappa shape index (κ1) is 23.8. The fraction of sp³-hybridized carbons (Fsp3) is 0.222. The van der Waals surface area contributed by atoms with Crippen LogP contribution in [0, 0.1) is 0 Å². The molecule has 4 rings (SSSR count). The lowest BCUT2D eigenvalue weighted by Gasteiger charge is -2.17. The fourth-order valence-electron chi connectivity index (χ4n) is 3.78. The summed E-state index contributed by atoms with van der Waals surface area (Å²) in [5, 5.41) is 0. The Morgan fingerprint density at radius 2 is 1.31 bits per heavy atom. The number of hydrogen-bond donors (Lipinski definition) is 0. The number of carbonyl (C=O) groups excluding carboxylic acids is 3. The lowest BCUT2D eigenvalue weighted by molar-refractivity contribution is 0.0733. The Labute approximate surface area is 203 Å². The zero-order chi connectivity index (χ0) is 24.9. The molecule has 0 aliphatic carbocycles. The molecule has 0 bridgehead atoms. The number of imide groups is 1. The van der Waals surface area contributed by atoms with Gasteiger partial charge >= 0.3 is 5.97 Å². The Balaban J connectivity index is 1.61. The van der Waals surface area contributed by atoms with Gasteiger partial charge in [-0.1, -0.05) is 18.2 Å². The first-order chi connectivity index (χ1) is 17.0. The molecule has 0 N–H and O–H groups in total. The van der Waals surface area contributed by atoms with E-state index in [1.807, 2.05) is 20.8 Å². The Kier molecular flexibility index (Phi) is 7.01. The molecule has 180 valence electrons. The zero-order valence-electron chi connectivity index (χ0n) is 19.7. The van der Waals surface area contributed by atoms with E-state index >= 15 is 0 Å². The molecule has 0 unspecified atom stereocenters. The highest BCUT2D eigenvalue weighted by atomic mass is 16.5. The van der Waals surface area contributed by atoms with Crippen LogP contribution < -0.4 is 23.8 Å². The summed E-state index contributed by atoms with van der Waals surface area (Å²) in [6.07, 6.45) is 0. The van der Waals surface area contributed by atoms with E-state index in [9.17, 15) is 14.4 Å². The van der Waals surface area contributed by atoms with Crippen LogP contribution in [0.25, 0.3) is 0 Å². The second-order valence-electron chi connectivity index (χ2n) is 7.48. The molecule has 0 spiro atoms. The third kappa shape index (κ3) is 4.68. The summed E-state index contributed by atoms with van der Waals surface area (Å²) in [5.74, 6) is -0.186. The molecule has 3 aromatic rings. The van der Waals surface area contributed by atoms with Gasteiger partial charge in [0.25, 0.3) is 11.8 Å². The Bertz CT molecular complexity index is 1220. The summed E-state index contributed by atoms with van der Waals surface area (Å²) >= 11 is 0. The van der Waals surface area contributed by atoms with Crippen molar-refractivity contribution in [3.8, 4) is 23.0 Å². The van der Waals surface area contributed by atoms with Crippen LogP contribution in [0.1, 0.15) is 51.8 Å². The van der Waals surface area contributed by atoms with Crippen molar-refractivity contribution < 1.29 is 33.3 Å². The van der Waals surface area contributed by atoms with Crippen molar-refractivity contribution in [3.05, 3.63) is 77.4 Å². The molecular formula is C27H25NO7. The van der Waals surface area contributed by atoms with Crippen LogP contribution in [0.2, 0.25) is 0 Å². The molecular weight excluding hydrogens is 450 g/mol. The number of nitrogens with zero attached hydrogens (tertiary/aromatic N) is 1. The lowest BCUT2D eigenvalue weighted by atomic mass is 10.1. The highest BCUT2D eigenvalue weighted by Crippen LogP contribution is 2.39. The number of esters is 1. The molecule has 0 atom stereocenters. The third-order valence-electron chi connectivity index (χ3n) is 5.23. The van der Waals surface area contributed by atoms with Crippen molar-refractivity contribution in [1.82, 2.24) is 0 Å². The predicted octanol–water partition coefficient (Wildman–Crippen LogP) is 4.90. The van der Waals surface area contributed by atoms with Crippen LogP contribution in [-0.4, -0.2) is 37.6 Å². The van der Waals surface area contributed by atoms with E-state index in [1.54, 1.807) is 42.5 Å². The molecule has 0 saturated heterocycles. The van der Waals surface area contributed by atoms with Gasteiger partial charge in [0.05, 0.1) is 42.2 Å². The van der Waals surface area contributed by atoms with Gasteiger partial charge in [0.1, 0.15) is 5.75 Å². The second-order valence-corrected chi connectivity index (χ2v) is 7.48. The number of rotatable bonds is 9. The Hall–Kier alpha value is -4.33. The Morgan fingerprint density at radius 1 is 0.743 bits per heavy atom. The predicted molar refractivity (Wildman–Crippen MR) is 129 cm³/mol. The fourth-order valence-corrected chi connectivity index (χ4v) is 3.78. The third-order valence-corrected chi connectivity index (χ3v) is 5.23. The van der Waals surface area contributed by atoms with Crippen LogP contribution >= 0.6 is 0 Å². The minimum atomic E-state index is -0.658. The maximum absolute atomic E-state index is 13.0. The minimum absolute atomic E-state index is 0.175. The molecule has 0 fully saturated rings. The van der Waals surface area contributed by atoms with Gasteiger partial charge in [0.15, 0.2) is 11.5 Å². The van der Waals surface area contributed by atoms with E-state index < -0.39 is 17.8 Å². The molecule has 8 nitrogen and oxygen atoms in total. The largest absolute Gasteiger partial charge is 0.490 e. The SMILES string of the molecule is CCOc1cc(C(=O)Oc2cccc(N3C(=O)c4ccccc4C3=O)c2)cc(OCC)c1OCC. The van der Waals surface area contributed by atoms with E-state index in [2.05, 4.69) is 0 Å². The van der Waals surface area contributed by atoms with E-state index in [0.717, 1.165) is 4.90 Å². The number of amides is 2. The summed E-state index contributed by atoms with van der Waals surface area (Å²) < 4.78 is 22.6. The Morgan fingerprint density at radius 3 is 1.86 bits per heavy atom.